The number of halogens is 2. The van der Waals surface area contributed by atoms with Crippen molar-refractivity contribution in [3.8, 4) is 0 Å². The minimum absolute atomic E-state index is 0.00230. The van der Waals surface area contributed by atoms with Gasteiger partial charge >= 0.3 is 6.11 Å². The van der Waals surface area contributed by atoms with Crippen LogP contribution < -0.4 is 10.6 Å². The van der Waals surface area contributed by atoms with Gasteiger partial charge in [-0.3, -0.25) is 14.3 Å². The first-order chi connectivity index (χ1) is 14.2. The number of allylic oxidation sites excluding steroid dienone is 3. The zero-order chi connectivity index (χ0) is 21.9. The van der Waals surface area contributed by atoms with Crippen LogP contribution in [-0.2, 0) is 16.2 Å². The molecular weight excluding hydrogens is 394 g/mol. The Kier molecular flexibility index (Phi) is 6.38. The summed E-state index contributed by atoms with van der Waals surface area (Å²) in [6.07, 6.45) is 5.19. The van der Waals surface area contributed by atoms with E-state index in [4.69, 9.17) is 4.74 Å². The number of carbonyl (C=O) groups is 2. The maximum Gasteiger partial charge on any atom is 0.421 e. The summed E-state index contributed by atoms with van der Waals surface area (Å²) >= 11 is 0. The molecule has 2 atom stereocenters. The molecule has 0 bridgehead atoms. The van der Waals surface area contributed by atoms with Crippen molar-refractivity contribution in [2.24, 2.45) is 11.8 Å². The maximum atomic E-state index is 13.8. The van der Waals surface area contributed by atoms with E-state index in [1.165, 1.54) is 17.7 Å². The van der Waals surface area contributed by atoms with E-state index in [2.05, 4.69) is 22.3 Å². The number of hydrogen-bond donors (Lipinski definition) is 2. The van der Waals surface area contributed by atoms with E-state index in [1.807, 2.05) is 6.08 Å². The van der Waals surface area contributed by atoms with Crippen molar-refractivity contribution in [3.05, 3.63) is 54.1 Å². The Hall–Kier alpha value is -2.97. The fourth-order valence-corrected chi connectivity index (χ4v) is 2.95. The molecule has 0 spiro atoms. The number of rotatable bonds is 9. The van der Waals surface area contributed by atoms with Crippen molar-refractivity contribution in [3.63, 3.8) is 0 Å². The van der Waals surface area contributed by atoms with Crippen molar-refractivity contribution < 1.29 is 23.1 Å². The molecular formula is C21H26F2N4O3. The Bertz CT molecular complexity index is 887. The molecule has 30 heavy (non-hydrogen) atoms. The normalized spacial score (nSPS) is 19.6. The lowest BCUT2D eigenvalue weighted by Gasteiger charge is -2.27. The number of carbonyl (C=O) groups excluding carboxylic acids is 2. The van der Waals surface area contributed by atoms with Crippen LogP contribution >= 0.6 is 0 Å². The first-order valence-electron chi connectivity index (χ1n) is 9.88. The van der Waals surface area contributed by atoms with Crippen LogP contribution in [0.5, 0.6) is 0 Å². The van der Waals surface area contributed by atoms with Crippen LogP contribution in [0.1, 0.15) is 43.6 Å². The van der Waals surface area contributed by atoms with Crippen LogP contribution in [0.2, 0.25) is 0 Å². The highest BCUT2D eigenvalue weighted by Crippen LogP contribution is 2.32. The van der Waals surface area contributed by atoms with Gasteiger partial charge in [0.2, 0.25) is 5.91 Å². The summed E-state index contributed by atoms with van der Waals surface area (Å²) in [5, 5.41) is 9.78. The number of ether oxygens (including phenoxy) is 1. The molecule has 162 valence electrons. The fraction of sp³-hybridized carbons (Fsp3) is 0.476. The predicted octanol–water partition coefficient (Wildman–Crippen LogP) is 3.13. The Balaban J connectivity index is 1.50. The molecule has 0 radical (unpaired) electrons. The fourth-order valence-electron chi connectivity index (χ4n) is 2.95. The summed E-state index contributed by atoms with van der Waals surface area (Å²) in [6, 6.07) is 1.23. The molecule has 1 heterocycles. The first-order valence-corrected chi connectivity index (χ1v) is 9.88. The lowest BCUT2D eigenvalue weighted by molar-refractivity contribution is -0.184. The van der Waals surface area contributed by atoms with E-state index < -0.39 is 6.11 Å². The summed E-state index contributed by atoms with van der Waals surface area (Å²) in [7, 11) is 0. The number of alkyl halides is 2. The summed E-state index contributed by atoms with van der Waals surface area (Å²) in [5.74, 6) is -0.363. The van der Waals surface area contributed by atoms with Crippen LogP contribution in [0.15, 0.2) is 48.4 Å². The van der Waals surface area contributed by atoms with Gasteiger partial charge in [-0.05, 0) is 38.8 Å². The molecule has 9 heteroatoms. The van der Waals surface area contributed by atoms with E-state index in [0.29, 0.717) is 0 Å². The minimum atomic E-state index is -3.43. The number of nitrogens with one attached hydrogen (secondary N) is 2. The van der Waals surface area contributed by atoms with Gasteiger partial charge in [0, 0.05) is 36.1 Å². The minimum Gasteiger partial charge on any atom is -0.434 e. The summed E-state index contributed by atoms with van der Waals surface area (Å²) in [6.45, 7) is 6.44. The van der Waals surface area contributed by atoms with Crippen molar-refractivity contribution in [1.82, 2.24) is 20.4 Å². The standard InChI is InChI=1S/C21H26F2N4O3/c1-13(2)21(22,23)30-17-6-4-5-16(11-17)14(3)25-20(29)18-9-10-27(26-18)12-24-19(28)15-7-8-15/h4-6,9-10,14-16H,1,7-8,11-12H2,2-3H3,(H,24,28)(H,25,29). The topological polar surface area (TPSA) is 85.2 Å². The van der Waals surface area contributed by atoms with E-state index in [0.717, 1.165) is 12.8 Å². The second-order valence-corrected chi connectivity index (χ2v) is 7.76. The number of amides is 2. The molecule has 2 amide bonds. The van der Waals surface area contributed by atoms with Gasteiger partial charge in [-0.2, -0.15) is 13.9 Å². The quantitative estimate of drug-likeness (QED) is 0.601. The van der Waals surface area contributed by atoms with E-state index in [1.54, 1.807) is 25.3 Å². The maximum absolute atomic E-state index is 13.8. The lowest BCUT2D eigenvalue weighted by Crippen LogP contribution is -2.38. The number of aromatic nitrogens is 2. The average molecular weight is 420 g/mol. The molecule has 2 unspecified atom stereocenters. The van der Waals surface area contributed by atoms with Crippen molar-refractivity contribution in [2.75, 3.05) is 0 Å². The molecule has 1 fully saturated rings. The summed E-state index contributed by atoms with van der Waals surface area (Å²) in [4.78, 5) is 24.2. The van der Waals surface area contributed by atoms with Gasteiger partial charge in [0.05, 0.1) is 0 Å². The Labute approximate surface area is 173 Å². The van der Waals surface area contributed by atoms with Crippen molar-refractivity contribution >= 4 is 11.8 Å². The average Bonchev–Trinajstić information content (AvgIpc) is 3.43. The zero-order valence-corrected chi connectivity index (χ0v) is 17.0. The molecule has 2 N–H and O–H groups in total. The Morgan fingerprint density at radius 3 is 2.83 bits per heavy atom. The van der Waals surface area contributed by atoms with Crippen LogP contribution in [0.3, 0.4) is 0 Å². The van der Waals surface area contributed by atoms with Gasteiger partial charge in [-0.25, -0.2) is 0 Å². The second-order valence-electron chi connectivity index (χ2n) is 7.76. The van der Waals surface area contributed by atoms with Gasteiger partial charge in [0.25, 0.3) is 5.91 Å². The summed E-state index contributed by atoms with van der Waals surface area (Å²) < 4.78 is 33.8. The Morgan fingerprint density at radius 1 is 1.43 bits per heavy atom. The molecule has 7 nitrogen and oxygen atoms in total. The first kappa shape index (κ1) is 21.7. The predicted molar refractivity (Wildman–Crippen MR) is 106 cm³/mol. The largest absolute Gasteiger partial charge is 0.434 e. The number of nitrogens with zero attached hydrogens (tertiary/aromatic N) is 2. The lowest BCUT2D eigenvalue weighted by atomic mass is 9.92. The number of hydrogen-bond acceptors (Lipinski definition) is 4. The molecule has 0 aromatic carbocycles. The highest BCUT2D eigenvalue weighted by molar-refractivity contribution is 5.92. The SMILES string of the molecule is C=C(C)C(F)(F)OC1=CC=CC(C(C)NC(=O)c2ccn(CNC(=O)C3CC3)n2)C1. The zero-order valence-electron chi connectivity index (χ0n) is 17.0. The molecule has 2 aliphatic rings. The van der Waals surface area contributed by atoms with Crippen molar-refractivity contribution in [2.45, 2.75) is 51.9 Å². The molecule has 1 saturated carbocycles. The monoisotopic (exact) mass is 420 g/mol. The highest BCUT2D eigenvalue weighted by atomic mass is 19.3. The van der Waals surface area contributed by atoms with Gasteiger partial charge in [0.15, 0.2) is 0 Å². The molecule has 2 aliphatic carbocycles. The third kappa shape index (κ3) is 5.55. The molecule has 3 rings (SSSR count). The van der Waals surface area contributed by atoms with Crippen LogP contribution in [-0.4, -0.2) is 33.7 Å². The van der Waals surface area contributed by atoms with Gasteiger partial charge in [0.1, 0.15) is 18.1 Å². The third-order valence-corrected chi connectivity index (χ3v) is 5.07. The highest BCUT2D eigenvalue weighted by Gasteiger charge is 2.35. The van der Waals surface area contributed by atoms with E-state index in [-0.39, 0.29) is 59.8 Å². The van der Waals surface area contributed by atoms with Crippen LogP contribution in [0, 0.1) is 11.8 Å². The van der Waals surface area contributed by atoms with Gasteiger partial charge in [-0.1, -0.05) is 18.7 Å². The molecule has 1 aromatic heterocycles. The van der Waals surface area contributed by atoms with Gasteiger partial charge < -0.3 is 15.4 Å². The smallest absolute Gasteiger partial charge is 0.421 e. The van der Waals surface area contributed by atoms with Gasteiger partial charge in [-0.15, -0.1) is 0 Å². The molecule has 0 saturated heterocycles. The van der Waals surface area contributed by atoms with E-state index >= 15 is 0 Å². The van der Waals surface area contributed by atoms with Crippen LogP contribution in [0.4, 0.5) is 8.78 Å². The van der Waals surface area contributed by atoms with E-state index in [9.17, 15) is 18.4 Å². The Morgan fingerprint density at radius 2 is 2.17 bits per heavy atom. The van der Waals surface area contributed by atoms with Crippen molar-refractivity contribution in [1.29, 1.82) is 0 Å². The molecule has 1 aromatic rings. The summed E-state index contributed by atoms with van der Waals surface area (Å²) in [5.41, 5.74) is -0.164. The second kappa shape index (κ2) is 8.81. The molecule has 0 aliphatic heterocycles. The third-order valence-electron chi connectivity index (χ3n) is 5.07. The van der Waals surface area contributed by atoms with Crippen LogP contribution in [0.25, 0.3) is 0 Å².